The van der Waals surface area contributed by atoms with Gasteiger partial charge in [0.15, 0.2) is 0 Å². The standard InChI is InChI=1S/C25H18N2O/c28-25-21-18-12-4-5-13-19(18)22(16-8-2-1-3-9-16)26-23(21)20-14-6-10-17-11-7-15-27(25)24(17)20/h1-6,8-10,12-14H,7,11,15H2. The summed E-state index contributed by atoms with van der Waals surface area (Å²) >= 11 is 0. The third-order valence-corrected chi connectivity index (χ3v) is 5.89. The quantitative estimate of drug-likeness (QED) is 0.379. The minimum absolute atomic E-state index is 0.0814. The highest BCUT2D eigenvalue weighted by Gasteiger charge is 2.21. The Morgan fingerprint density at radius 1 is 0.786 bits per heavy atom. The predicted molar refractivity (Wildman–Crippen MR) is 115 cm³/mol. The Kier molecular flexibility index (Phi) is 3.21. The molecule has 6 rings (SSSR count). The van der Waals surface area contributed by atoms with Gasteiger partial charge in [-0.15, -0.1) is 0 Å². The van der Waals surface area contributed by atoms with Gasteiger partial charge in [-0.05, 0) is 23.8 Å². The maximum absolute atomic E-state index is 13.5. The van der Waals surface area contributed by atoms with Crippen molar-refractivity contribution >= 4 is 32.6 Å². The topological polar surface area (TPSA) is 34.9 Å². The molecule has 0 saturated carbocycles. The van der Waals surface area contributed by atoms with Gasteiger partial charge in [0.05, 0.1) is 22.1 Å². The van der Waals surface area contributed by atoms with Crippen LogP contribution in [-0.2, 0) is 13.0 Å². The van der Waals surface area contributed by atoms with E-state index >= 15 is 0 Å². The van der Waals surface area contributed by atoms with Gasteiger partial charge in [0.2, 0.25) is 0 Å². The van der Waals surface area contributed by atoms with Crippen molar-refractivity contribution < 1.29 is 0 Å². The molecule has 5 aromatic rings. The number of benzene rings is 3. The summed E-state index contributed by atoms with van der Waals surface area (Å²) in [5.74, 6) is 0. The first-order chi connectivity index (χ1) is 13.8. The van der Waals surface area contributed by atoms with Gasteiger partial charge in [-0.3, -0.25) is 4.79 Å². The van der Waals surface area contributed by atoms with Crippen molar-refractivity contribution in [2.45, 2.75) is 19.4 Å². The normalized spacial score (nSPS) is 13.4. The van der Waals surface area contributed by atoms with E-state index < -0.39 is 0 Å². The van der Waals surface area contributed by atoms with E-state index in [0.29, 0.717) is 0 Å². The lowest BCUT2D eigenvalue weighted by Gasteiger charge is -2.21. The molecular weight excluding hydrogens is 344 g/mol. The van der Waals surface area contributed by atoms with E-state index in [2.05, 4.69) is 42.5 Å². The zero-order valence-electron chi connectivity index (χ0n) is 15.4. The third kappa shape index (κ3) is 2.04. The molecule has 0 saturated heterocycles. The van der Waals surface area contributed by atoms with E-state index in [9.17, 15) is 4.79 Å². The molecule has 28 heavy (non-hydrogen) atoms. The molecule has 3 aromatic carbocycles. The minimum atomic E-state index is 0.0814. The van der Waals surface area contributed by atoms with E-state index in [4.69, 9.17) is 4.98 Å². The van der Waals surface area contributed by atoms with Crippen LogP contribution in [0.3, 0.4) is 0 Å². The van der Waals surface area contributed by atoms with Gasteiger partial charge in [0.25, 0.3) is 5.56 Å². The van der Waals surface area contributed by atoms with Crippen molar-refractivity contribution in [1.29, 1.82) is 0 Å². The molecule has 0 radical (unpaired) electrons. The number of rotatable bonds is 1. The zero-order chi connectivity index (χ0) is 18.7. The number of pyridine rings is 2. The summed E-state index contributed by atoms with van der Waals surface area (Å²) in [6.45, 7) is 0.775. The molecule has 0 fully saturated rings. The van der Waals surface area contributed by atoms with Crippen molar-refractivity contribution in [3.05, 3.63) is 88.7 Å². The first kappa shape index (κ1) is 15.6. The summed E-state index contributed by atoms with van der Waals surface area (Å²) in [7, 11) is 0. The summed E-state index contributed by atoms with van der Waals surface area (Å²) in [5.41, 5.74) is 5.22. The summed E-state index contributed by atoms with van der Waals surface area (Å²) in [4.78, 5) is 18.6. The molecule has 3 nitrogen and oxygen atoms in total. The fourth-order valence-corrected chi connectivity index (χ4v) is 4.67. The molecule has 0 aliphatic carbocycles. The van der Waals surface area contributed by atoms with Crippen LogP contribution in [-0.4, -0.2) is 9.55 Å². The smallest absolute Gasteiger partial charge is 0.261 e. The molecule has 3 heteroatoms. The van der Waals surface area contributed by atoms with Gasteiger partial charge in [-0.2, -0.15) is 0 Å². The number of aromatic nitrogens is 2. The van der Waals surface area contributed by atoms with Gasteiger partial charge >= 0.3 is 0 Å². The average Bonchev–Trinajstić information content (AvgIpc) is 2.77. The van der Waals surface area contributed by atoms with E-state index in [1.54, 1.807) is 0 Å². The van der Waals surface area contributed by atoms with Gasteiger partial charge in [-0.25, -0.2) is 4.98 Å². The summed E-state index contributed by atoms with van der Waals surface area (Å²) in [5, 5.41) is 3.83. The lowest BCUT2D eigenvalue weighted by atomic mass is 9.96. The van der Waals surface area contributed by atoms with E-state index in [1.165, 1.54) is 5.56 Å². The number of hydrogen-bond acceptors (Lipinski definition) is 2. The third-order valence-electron chi connectivity index (χ3n) is 5.89. The van der Waals surface area contributed by atoms with Crippen LogP contribution >= 0.6 is 0 Å². The predicted octanol–water partition coefficient (Wildman–Crippen LogP) is 5.32. The first-order valence-corrected chi connectivity index (χ1v) is 9.75. The zero-order valence-corrected chi connectivity index (χ0v) is 15.4. The molecule has 0 atom stereocenters. The summed E-state index contributed by atoms with van der Waals surface area (Å²) in [6.07, 6.45) is 2.02. The van der Waals surface area contributed by atoms with Crippen LogP contribution in [0.15, 0.2) is 77.6 Å². The van der Waals surface area contributed by atoms with Crippen LogP contribution < -0.4 is 5.56 Å². The molecule has 2 aromatic heterocycles. The molecule has 0 unspecified atom stereocenters. The molecular formula is C25H18N2O. The van der Waals surface area contributed by atoms with Crippen LogP contribution in [0.4, 0.5) is 0 Å². The van der Waals surface area contributed by atoms with E-state index in [0.717, 1.165) is 63.2 Å². The molecule has 0 bridgehead atoms. The van der Waals surface area contributed by atoms with E-state index in [-0.39, 0.29) is 5.56 Å². The number of para-hydroxylation sites is 1. The summed E-state index contributed by atoms with van der Waals surface area (Å²) in [6, 6.07) is 24.7. The Morgan fingerprint density at radius 2 is 1.54 bits per heavy atom. The molecule has 3 heterocycles. The maximum atomic E-state index is 13.5. The highest BCUT2D eigenvalue weighted by atomic mass is 16.1. The number of fused-ring (bicyclic) bond motifs is 4. The van der Waals surface area contributed by atoms with Crippen LogP contribution in [0.1, 0.15) is 12.0 Å². The lowest BCUT2D eigenvalue weighted by Crippen LogP contribution is -2.25. The molecule has 0 N–H and O–H groups in total. The van der Waals surface area contributed by atoms with Crippen molar-refractivity contribution in [1.82, 2.24) is 9.55 Å². The Labute approximate surface area is 161 Å². The maximum Gasteiger partial charge on any atom is 0.261 e. The van der Waals surface area contributed by atoms with E-state index in [1.807, 2.05) is 34.9 Å². The van der Waals surface area contributed by atoms with Gasteiger partial charge in [0.1, 0.15) is 0 Å². The number of nitrogens with zero attached hydrogens (tertiary/aromatic N) is 2. The van der Waals surface area contributed by atoms with Crippen molar-refractivity contribution in [2.24, 2.45) is 0 Å². The fraction of sp³-hybridized carbons (Fsp3) is 0.120. The summed E-state index contributed by atoms with van der Waals surface area (Å²) < 4.78 is 1.97. The first-order valence-electron chi connectivity index (χ1n) is 9.75. The van der Waals surface area contributed by atoms with Crippen LogP contribution in [0.2, 0.25) is 0 Å². The van der Waals surface area contributed by atoms with Crippen LogP contribution in [0.5, 0.6) is 0 Å². The minimum Gasteiger partial charge on any atom is -0.307 e. The molecule has 0 amide bonds. The van der Waals surface area contributed by atoms with Crippen molar-refractivity contribution in [3.63, 3.8) is 0 Å². The highest BCUT2D eigenvalue weighted by Crippen LogP contribution is 2.35. The van der Waals surface area contributed by atoms with Crippen molar-refractivity contribution in [3.8, 4) is 11.3 Å². The average molecular weight is 362 g/mol. The second-order valence-corrected chi connectivity index (χ2v) is 7.47. The number of hydrogen-bond donors (Lipinski definition) is 0. The van der Waals surface area contributed by atoms with Gasteiger partial charge in [0, 0.05) is 22.9 Å². The van der Waals surface area contributed by atoms with Crippen molar-refractivity contribution in [2.75, 3.05) is 0 Å². The Bertz CT molecular complexity index is 1450. The Hall–Kier alpha value is -3.46. The van der Waals surface area contributed by atoms with Crippen LogP contribution in [0, 0.1) is 0 Å². The molecule has 134 valence electrons. The second kappa shape index (κ2) is 5.77. The lowest BCUT2D eigenvalue weighted by molar-refractivity contribution is 0.619. The number of aryl methyl sites for hydroxylation is 2. The molecule has 1 aliphatic heterocycles. The molecule has 1 aliphatic rings. The fourth-order valence-electron chi connectivity index (χ4n) is 4.67. The van der Waals surface area contributed by atoms with Crippen LogP contribution in [0.25, 0.3) is 43.8 Å². The van der Waals surface area contributed by atoms with Gasteiger partial charge < -0.3 is 4.57 Å². The Morgan fingerprint density at radius 3 is 2.39 bits per heavy atom. The monoisotopic (exact) mass is 362 g/mol. The SMILES string of the molecule is O=c1c2c3ccccc3c(-c3ccccc3)nc2c2cccc3c2n1CCC3. The Balaban J connectivity index is 1.91. The van der Waals surface area contributed by atoms with Gasteiger partial charge in [-0.1, -0.05) is 72.8 Å². The highest BCUT2D eigenvalue weighted by molar-refractivity contribution is 6.17. The molecule has 0 spiro atoms. The second-order valence-electron chi connectivity index (χ2n) is 7.47. The largest absolute Gasteiger partial charge is 0.307 e.